The minimum Gasteiger partial charge on any atom is -0.341 e. The quantitative estimate of drug-likeness (QED) is 0.407. The molecule has 1 aromatic heterocycles. The Balaban J connectivity index is 1.79. The Bertz CT molecular complexity index is 1440. The minimum absolute atomic E-state index is 0.0416. The van der Waals surface area contributed by atoms with Crippen LogP contribution in [0.5, 0.6) is 0 Å². The van der Waals surface area contributed by atoms with Gasteiger partial charge in [-0.3, -0.25) is 14.5 Å². The van der Waals surface area contributed by atoms with E-state index in [-0.39, 0.29) is 29.7 Å². The van der Waals surface area contributed by atoms with Crippen molar-refractivity contribution in [1.82, 2.24) is 14.7 Å². The largest absolute Gasteiger partial charge is 0.341 e. The maximum absolute atomic E-state index is 15.3. The molecule has 0 N–H and O–H groups in total. The molecular weight excluding hydrogens is 518 g/mol. The average Bonchev–Trinajstić information content (AvgIpc) is 3.50. The van der Waals surface area contributed by atoms with Crippen molar-refractivity contribution in [2.75, 3.05) is 30.3 Å². The number of nitrogens with zero attached hydrogens (tertiary/aromatic N) is 4. The summed E-state index contributed by atoms with van der Waals surface area (Å²) in [6.45, 7) is 11.3. The van der Waals surface area contributed by atoms with E-state index in [9.17, 15) is 14.0 Å². The molecule has 0 aliphatic carbocycles. The van der Waals surface area contributed by atoms with Crippen LogP contribution in [-0.2, 0) is 15.0 Å². The summed E-state index contributed by atoms with van der Waals surface area (Å²) in [5, 5.41) is 4.45. The van der Waals surface area contributed by atoms with Crippen LogP contribution in [0, 0.1) is 25.5 Å². The fraction of sp³-hybridized carbons (Fsp3) is 0.433. The smallest absolute Gasteiger partial charge is 0.242 e. The standard InChI is InChI=1S/C30H34F2N4O2S/c1-18-8-11-23(19(2)14-18)36-29-26(28(33-36)30(3,4)5)27(21-10-9-20(31)15-22(21)32)39-17-25(38)35(29)16-24(37)34-12-6-7-13-34/h8-11,14-15,27H,6-7,12-13,16-17H2,1-5H3. The number of halogens is 2. The number of hydrogen-bond donors (Lipinski definition) is 0. The van der Waals surface area contributed by atoms with Gasteiger partial charge in [0.2, 0.25) is 11.8 Å². The molecule has 2 amide bonds. The van der Waals surface area contributed by atoms with E-state index in [0.717, 1.165) is 35.7 Å². The van der Waals surface area contributed by atoms with Crippen LogP contribution >= 0.6 is 11.8 Å². The summed E-state index contributed by atoms with van der Waals surface area (Å²) in [5.41, 5.74) is 4.02. The maximum atomic E-state index is 15.3. The molecule has 0 saturated carbocycles. The third-order valence-electron chi connectivity index (χ3n) is 7.38. The van der Waals surface area contributed by atoms with Gasteiger partial charge >= 0.3 is 0 Å². The van der Waals surface area contributed by atoms with Gasteiger partial charge in [0, 0.05) is 35.7 Å². The topological polar surface area (TPSA) is 58.4 Å². The van der Waals surface area contributed by atoms with Crippen LogP contribution in [0.4, 0.5) is 14.6 Å². The van der Waals surface area contributed by atoms with Crippen LogP contribution in [0.25, 0.3) is 5.69 Å². The maximum Gasteiger partial charge on any atom is 0.242 e. The van der Waals surface area contributed by atoms with Crippen molar-refractivity contribution < 1.29 is 18.4 Å². The first-order valence-corrected chi connectivity index (χ1v) is 14.4. The van der Waals surface area contributed by atoms with Gasteiger partial charge in [0.25, 0.3) is 0 Å². The van der Waals surface area contributed by atoms with Gasteiger partial charge < -0.3 is 4.90 Å². The highest BCUT2D eigenvalue weighted by Gasteiger charge is 2.41. The molecule has 0 radical (unpaired) electrons. The number of aryl methyl sites for hydroxylation is 2. The fourth-order valence-electron chi connectivity index (χ4n) is 5.45. The zero-order valence-electron chi connectivity index (χ0n) is 23.1. The number of anilines is 1. The molecule has 3 aromatic rings. The highest BCUT2D eigenvalue weighted by atomic mass is 32.2. The van der Waals surface area contributed by atoms with Crippen molar-refractivity contribution in [1.29, 1.82) is 0 Å². The second-order valence-electron chi connectivity index (χ2n) is 11.5. The van der Waals surface area contributed by atoms with Crippen molar-refractivity contribution in [3.63, 3.8) is 0 Å². The van der Waals surface area contributed by atoms with Gasteiger partial charge in [-0.2, -0.15) is 5.10 Å². The highest BCUT2D eigenvalue weighted by Crippen LogP contribution is 2.49. The number of hydrogen-bond acceptors (Lipinski definition) is 4. The molecule has 6 nitrogen and oxygen atoms in total. The number of thioether (sulfide) groups is 1. The molecule has 9 heteroatoms. The van der Waals surface area contributed by atoms with Crippen molar-refractivity contribution in [2.45, 2.75) is 58.1 Å². The molecular formula is C30H34F2N4O2S. The van der Waals surface area contributed by atoms with Crippen molar-refractivity contribution >= 4 is 29.4 Å². The lowest BCUT2D eigenvalue weighted by Crippen LogP contribution is -2.43. The van der Waals surface area contributed by atoms with E-state index in [1.807, 2.05) is 52.8 Å². The lowest BCUT2D eigenvalue weighted by atomic mass is 9.87. The van der Waals surface area contributed by atoms with Crippen LogP contribution in [0.15, 0.2) is 36.4 Å². The van der Waals surface area contributed by atoms with E-state index >= 15 is 4.39 Å². The molecule has 0 spiro atoms. The van der Waals surface area contributed by atoms with Gasteiger partial charge in [-0.05, 0) is 44.4 Å². The molecule has 1 unspecified atom stereocenters. The molecule has 3 heterocycles. The lowest BCUT2D eigenvalue weighted by molar-refractivity contribution is -0.130. The summed E-state index contributed by atoms with van der Waals surface area (Å²) in [6, 6.07) is 9.55. The van der Waals surface area contributed by atoms with Crippen LogP contribution in [0.1, 0.15) is 66.8 Å². The van der Waals surface area contributed by atoms with Gasteiger partial charge in [-0.1, -0.05) is 44.5 Å². The number of aromatic nitrogens is 2. The lowest BCUT2D eigenvalue weighted by Gasteiger charge is -2.26. The molecule has 2 aliphatic heterocycles. The molecule has 2 aliphatic rings. The third-order valence-corrected chi connectivity index (χ3v) is 8.61. The van der Waals surface area contributed by atoms with Crippen LogP contribution in [-0.4, -0.2) is 51.9 Å². The van der Waals surface area contributed by atoms with E-state index in [1.54, 1.807) is 9.58 Å². The number of likely N-dealkylation sites (tertiary alicyclic amines) is 1. The molecule has 39 heavy (non-hydrogen) atoms. The minimum atomic E-state index is -0.674. The van der Waals surface area contributed by atoms with Gasteiger partial charge in [0.1, 0.15) is 24.0 Å². The Kier molecular flexibility index (Phi) is 7.31. The Morgan fingerprint density at radius 1 is 1.08 bits per heavy atom. The predicted molar refractivity (Wildman–Crippen MR) is 151 cm³/mol. The third kappa shape index (κ3) is 5.21. The van der Waals surface area contributed by atoms with Crippen LogP contribution < -0.4 is 4.90 Å². The number of amides is 2. The molecule has 1 saturated heterocycles. The van der Waals surface area contributed by atoms with E-state index in [1.165, 1.54) is 28.8 Å². The Morgan fingerprint density at radius 3 is 2.44 bits per heavy atom. The number of fused-ring (bicyclic) bond motifs is 1. The van der Waals surface area contributed by atoms with E-state index < -0.39 is 22.3 Å². The number of benzene rings is 2. The summed E-state index contributed by atoms with van der Waals surface area (Å²) >= 11 is 1.28. The second kappa shape index (κ2) is 10.4. The first kappa shape index (κ1) is 27.4. The van der Waals surface area contributed by atoms with Gasteiger partial charge in [-0.15, -0.1) is 11.8 Å². The summed E-state index contributed by atoms with van der Waals surface area (Å²) in [7, 11) is 0. The van der Waals surface area contributed by atoms with Crippen LogP contribution in [0.3, 0.4) is 0 Å². The van der Waals surface area contributed by atoms with Crippen molar-refractivity contribution in [2.24, 2.45) is 0 Å². The van der Waals surface area contributed by atoms with E-state index in [0.29, 0.717) is 30.2 Å². The van der Waals surface area contributed by atoms with Gasteiger partial charge in [0.15, 0.2) is 0 Å². The van der Waals surface area contributed by atoms with Crippen LogP contribution in [0.2, 0.25) is 0 Å². The van der Waals surface area contributed by atoms with E-state index in [4.69, 9.17) is 5.10 Å². The first-order valence-electron chi connectivity index (χ1n) is 13.3. The summed E-state index contributed by atoms with van der Waals surface area (Å²) < 4.78 is 31.0. The highest BCUT2D eigenvalue weighted by molar-refractivity contribution is 8.00. The molecule has 0 bridgehead atoms. The zero-order chi connectivity index (χ0) is 28.1. The Hall–Kier alpha value is -3.20. The normalized spacial score (nSPS) is 17.9. The molecule has 2 aromatic carbocycles. The predicted octanol–water partition coefficient (Wildman–Crippen LogP) is 5.86. The van der Waals surface area contributed by atoms with Gasteiger partial charge in [0.05, 0.1) is 22.4 Å². The SMILES string of the molecule is Cc1ccc(-n2nc(C(C)(C)C)c3c2N(CC(=O)N2CCCC2)C(=O)CSC3c2ccc(F)cc2F)c(C)c1. The molecule has 5 rings (SSSR count). The zero-order valence-corrected chi connectivity index (χ0v) is 23.9. The molecule has 1 atom stereocenters. The van der Waals surface area contributed by atoms with E-state index in [2.05, 4.69) is 0 Å². The fourth-order valence-corrected chi connectivity index (χ4v) is 6.67. The van der Waals surface area contributed by atoms with Crippen molar-refractivity contribution in [3.05, 3.63) is 76.0 Å². The molecule has 1 fully saturated rings. The van der Waals surface area contributed by atoms with Crippen molar-refractivity contribution in [3.8, 4) is 5.69 Å². The Labute approximate surface area is 232 Å². The molecule has 206 valence electrons. The van der Waals surface area contributed by atoms with Gasteiger partial charge in [-0.25, -0.2) is 13.5 Å². The number of rotatable bonds is 4. The monoisotopic (exact) mass is 552 g/mol. The average molecular weight is 553 g/mol. The first-order chi connectivity index (χ1) is 18.5. The summed E-state index contributed by atoms with van der Waals surface area (Å²) in [5.74, 6) is -1.18. The summed E-state index contributed by atoms with van der Waals surface area (Å²) in [4.78, 5) is 30.5. The number of carbonyl (C=O) groups excluding carboxylic acids is 2. The number of carbonyl (C=O) groups is 2. The Morgan fingerprint density at radius 2 is 1.79 bits per heavy atom. The second-order valence-corrected chi connectivity index (χ2v) is 12.6. The summed E-state index contributed by atoms with van der Waals surface area (Å²) in [6.07, 6.45) is 1.89.